The Balaban J connectivity index is 1.38. The Morgan fingerprint density at radius 2 is 1.93 bits per heavy atom. The molecule has 1 aliphatic carbocycles. The molecule has 2 fully saturated rings. The van der Waals surface area contributed by atoms with Gasteiger partial charge < -0.3 is 9.47 Å². The van der Waals surface area contributed by atoms with Crippen molar-refractivity contribution in [3.63, 3.8) is 0 Å². The zero-order chi connectivity index (χ0) is 20.2. The van der Waals surface area contributed by atoms with Gasteiger partial charge in [-0.2, -0.15) is 5.10 Å². The second-order valence-corrected chi connectivity index (χ2v) is 8.37. The largest absolute Gasteiger partial charge is 0.453 e. The fourth-order valence-corrected chi connectivity index (χ4v) is 5.11. The van der Waals surface area contributed by atoms with E-state index in [1.54, 1.807) is 6.20 Å². The molecule has 2 aliphatic rings. The lowest BCUT2D eigenvalue weighted by Crippen LogP contribution is -2.44. The predicted molar refractivity (Wildman–Crippen MR) is 111 cm³/mol. The number of carbonyl (C=O) groups excluding carboxylic acids is 1. The fourth-order valence-electron chi connectivity index (χ4n) is 5.11. The van der Waals surface area contributed by atoms with E-state index in [1.807, 2.05) is 11.0 Å². The Labute approximate surface area is 172 Å². The van der Waals surface area contributed by atoms with Gasteiger partial charge in [0.15, 0.2) is 0 Å². The Morgan fingerprint density at radius 3 is 2.59 bits per heavy atom. The molecule has 2 heterocycles. The minimum atomic E-state index is -0.277. The smallest absolute Gasteiger partial charge is 0.410 e. The lowest BCUT2D eigenvalue weighted by Gasteiger charge is -2.33. The SMILES string of the molecule is COC(=O)N1C(CO[C@H]2CC[C@@H](c3ccccc3)CC2)C(c2ccn[nH]2)C[C@H]1C. The number of ether oxygens (including phenoxy) is 2. The summed E-state index contributed by atoms with van der Waals surface area (Å²) in [6, 6.07) is 12.8. The van der Waals surface area contributed by atoms with Crippen molar-refractivity contribution in [1.29, 1.82) is 0 Å². The summed E-state index contributed by atoms with van der Waals surface area (Å²) < 4.78 is 11.4. The van der Waals surface area contributed by atoms with E-state index in [-0.39, 0.29) is 30.2 Å². The summed E-state index contributed by atoms with van der Waals surface area (Å²) in [6.07, 6.45) is 7.06. The van der Waals surface area contributed by atoms with Crippen LogP contribution < -0.4 is 0 Å². The van der Waals surface area contributed by atoms with Crippen molar-refractivity contribution >= 4 is 6.09 Å². The van der Waals surface area contributed by atoms with Gasteiger partial charge in [-0.1, -0.05) is 30.3 Å². The van der Waals surface area contributed by atoms with Gasteiger partial charge in [0.1, 0.15) is 0 Å². The molecule has 2 unspecified atom stereocenters. The summed E-state index contributed by atoms with van der Waals surface area (Å²) in [6.45, 7) is 2.61. The number of carbonyl (C=O) groups is 1. The Kier molecular flexibility index (Phi) is 6.19. The number of rotatable bonds is 5. The molecule has 6 nitrogen and oxygen atoms in total. The minimum absolute atomic E-state index is 0.0373. The van der Waals surface area contributed by atoms with Crippen molar-refractivity contribution in [2.75, 3.05) is 13.7 Å². The first-order valence-corrected chi connectivity index (χ1v) is 10.7. The molecule has 0 bridgehead atoms. The van der Waals surface area contributed by atoms with E-state index < -0.39 is 0 Å². The van der Waals surface area contributed by atoms with Crippen molar-refractivity contribution in [2.45, 2.75) is 69.1 Å². The molecule has 29 heavy (non-hydrogen) atoms. The van der Waals surface area contributed by atoms with Crippen LogP contribution in [0.4, 0.5) is 4.79 Å². The third-order valence-electron chi connectivity index (χ3n) is 6.65. The van der Waals surface area contributed by atoms with Crippen LogP contribution in [0.3, 0.4) is 0 Å². The predicted octanol–water partition coefficient (Wildman–Crippen LogP) is 4.47. The summed E-state index contributed by atoms with van der Waals surface area (Å²) in [5, 5.41) is 7.19. The molecule has 1 N–H and O–H groups in total. The van der Waals surface area contributed by atoms with Gasteiger partial charge in [0, 0.05) is 23.9 Å². The van der Waals surface area contributed by atoms with Crippen molar-refractivity contribution in [3.8, 4) is 0 Å². The van der Waals surface area contributed by atoms with Crippen molar-refractivity contribution in [2.24, 2.45) is 0 Å². The maximum Gasteiger partial charge on any atom is 0.410 e. The van der Waals surface area contributed by atoms with Gasteiger partial charge in [0.25, 0.3) is 0 Å². The number of likely N-dealkylation sites (tertiary alicyclic amines) is 1. The number of hydrogen-bond donors (Lipinski definition) is 1. The van der Waals surface area contributed by atoms with Crippen molar-refractivity contribution in [1.82, 2.24) is 15.1 Å². The van der Waals surface area contributed by atoms with Crippen LogP contribution in [0, 0.1) is 0 Å². The number of amides is 1. The number of benzene rings is 1. The summed E-state index contributed by atoms with van der Waals surface area (Å²) in [4.78, 5) is 14.3. The normalized spacial score (nSPS) is 29.7. The van der Waals surface area contributed by atoms with E-state index in [0.717, 1.165) is 37.8 Å². The number of H-pyrrole nitrogens is 1. The van der Waals surface area contributed by atoms with Gasteiger partial charge in [-0.25, -0.2) is 4.79 Å². The molecule has 0 spiro atoms. The van der Waals surface area contributed by atoms with E-state index >= 15 is 0 Å². The summed E-state index contributed by atoms with van der Waals surface area (Å²) >= 11 is 0. The summed E-state index contributed by atoms with van der Waals surface area (Å²) in [5.41, 5.74) is 2.50. The molecule has 6 heteroatoms. The molecule has 1 aliphatic heterocycles. The maximum absolute atomic E-state index is 12.4. The Hall–Kier alpha value is -2.34. The van der Waals surface area contributed by atoms with E-state index in [4.69, 9.17) is 9.47 Å². The second kappa shape index (κ2) is 8.99. The highest BCUT2D eigenvalue weighted by molar-refractivity contribution is 5.69. The molecule has 2 aromatic rings. The first-order valence-electron chi connectivity index (χ1n) is 10.7. The third kappa shape index (κ3) is 4.32. The zero-order valence-electron chi connectivity index (χ0n) is 17.3. The molecule has 156 valence electrons. The topological polar surface area (TPSA) is 67.4 Å². The lowest BCUT2D eigenvalue weighted by molar-refractivity contribution is -0.00844. The van der Waals surface area contributed by atoms with Crippen LogP contribution in [-0.2, 0) is 9.47 Å². The molecule has 4 rings (SSSR count). The highest BCUT2D eigenvalue weighted by atomic mass is 16.5. The van der Waals surface area contributed by atoms with Gasteiger partial charge in [0.2, 0.25) is 0 Å². The molecule has 0 radical (unpaired) electrons. The maximum atomic E-state index is 12.4. The van der Waals surface area contributed by atoms with E-state index in [2.05, 4.69) is 47.5 Å². The van der Waals surface area contributed by atoms with Gasteiger partial charge in [-0.05, 0) is 56.6 Å². The zero-order valence-corrected chi connectivity index (χ0v) is 17.3. The molecule has 1 aromatic carbocycles. The summed E-state index contributed by atoms with van der Waals surface area (Å²) in [7, 11) is 1.45. The highest BCUT2D eigenvalue weighted by Gasteiger charge is 2.44. The van der Waals surface area contributed by atoms with Crippen LogP contribution in [0.25, 0.3) is 0 Å². The molecular weight excluding hydrogens is 366 g/mol. The highest BCUT2D eigenvalue weighted by Crippen LogP contribution is 2.39. The van der Waals surface area contributed by atoms with Gasteiger partial charge in [-0.15, -0.1) is 0 Å². The number of nitrogens with one attached hydrogen (secondary N) is 1. The fraction of sp³-hybridized carbons (Fsp3) is 0.565. The van der Waals surface area contributed by atoms with Gasteiger partial charge in [-0.3, -0.25) is 10.00 Å². The van der Waals surface area contributed by atoms with Gasteiger partial charge in [0.05, 0.1) is 25.9 Å². The van der Waals surface area contributed by atoms with Crippen LogP contribution in [0.2, 0.25) is 0 Å². The van der Waals surface area contributed by atoms with Gasteiger partial charge >= 0.3 is 6.09 Å². The number of aromatic nitrogens is 2. The standard InChI is InChI=1S/C23H31N3O3/c1-16-14-20(21-12-13-24-25-21)22(26(16)23(27)28-2)15-29-19-10-8-18(9-11-19)17-6-4-3-5-7-17/h3-7,12-13,16,18-20,22H,8-11,14-15H2,1-2H3,(H,24,25)/t16-,18-,19+,20?,22?/m1/s1. The molecule has 1 amide bonds. The average Bonchev–Trinajstić information content (AvgIpc) is 3.40. The van der Waals surface area contributed by atoms with Crippen molar-refractivity contribution < 1.29 is 14.3 Å². The molecular formula is C23H31N3O3. The first-order chi connectivity index (χ1) is 14.2. The van der Waals surface area contributed by atoms with Crippen LogP contribution in [0.1, 0.15) is 62.1 Å². The molecule has 3 atom stereocenters. The molecule has 1 aromatic heterocycles. The van der Waals surface area contributed by atoms with E-state index in [0.29, 0.717) is 12.5 Å². The van der Waals surface area contributed by atoms with Crippen LogP contribution in [-0.4, -0.2) is 53.1 Å². The van der Waals surface area contributed by atoms with Crippen molar-refractivity contribution in [3.05, 3.63) is 53.9 Å². The van der Waals surface area contributed by atoms with E-state index in [9.17, 15) is 4.79 Å². The van der Waals surface area contributed by atoms with Crippen LogP contribution in [0.15, 0.2) is 42.6 Å². The Morgan fingerprint density at radius 1 is 1.17 bits per heavy atom. The lowest BCUT2D eigenvalue weighted by atomic mass is 9.83. The summed E-state index contributed by atoms with van der Waals surface area (Å²) in [5.74, 6) is 0.819. The quantitative estimate of drug-likeness (QED) is 0.809. The minimum Gasteiger partial charge on any atom is -0.453 e. The first kappa shape index (κ1) is 20.0. The second-order valence-electron chi connectivity index (χ2n) is 8.37. The number of nitrogens with zero attached hydrogens (tertiary/aromatic N) is 2. The molecule has 1 saturated heterocycles. The van der Waals surface area contributed by atoms with E-state index in [1.165, 1.54) is 12.7 Å². The van der Waals surface area contributed by atoms with Crippen LogP contribution in [0.5, 0.6) is 0 Å². The molecule has 1 saturated carbocycles. The number of aromatic amines is 1. The van der Waals surface area contributed by atoms with Crippen LogP contribution >= 0.6 is 0 Å². The number of hydrogen-bond acceptors (Lipinski definition) is 4. The monoisotopic (exact) mass is 397 g/mol. The Bertz CT molecular complexity index is 772. The number of methoxy groups -OCH3 is 1. The third-order valence-corrected chi connectivity index (χ3v) is 6.65. The average molecular weight is 398 g/mol.